The van der Waals surface area contributed by atoms with Crippen molar-refractivity contribution in [2.45, 2.75) is 12.2 Å². The third-order valence-electron chi connectivity index (χ3n) is 3.10. The second-order valence-electron chi connectivity index (χ2n) is 4.51. The Balaban J connectivity index is 2.74. The van der Waals surface area contributed by atoms with Crippen molar-refractivity contribution < 1.29 is 22.7 Å². The first-order chi connectivity index (χ1) is 9.71. The molecule has 0 fully saturated rings. The molecular formula is C12H12N2O6S. The molecular weight excluding hydrogens is 300 g/mol. The van der Waals surface area contributed by atoms with Crippen molar-refractivity contribution in [3.05, 3.63) is 46.1 Å². The molecule has 0 amide bonds. The summed E-state index contributed by atoms with van der Waals surface area (Å²) in [6, 6.07) is 6.40. The second-order valence-corrected chi connectivity index (χ2v) is 6.11. The average Bonchev–Trinajstić information content (AvgIpc) is 2.74. The molecule has 0 radical (unpaired) electrons. The van der Waals surface area contributed by atoms with Crippen molar-refractivity contribution in [1.29, 1.82) is 0 Å². The van der Waals surface area contributed by atoms with E-state index in [1.54, 1.807) is 24.3 Å². The summed E-state index contributed by atoms with van der Waals surface area (Å²) in [5, 5.41) is 9.31. The van der Waals surface area contributed by atoms with Crippen molar-refractivity contribution in [2.24, 2.45) is 0 Å². The SMILES string of the molecule is CC(=O)n1cc([C@@H](C[N+](=O)[O-])S(=O)(=O)O)c2ccccc21. The van der Waals surface area contributed by atoms with Gasteiger partial charge in [0.15, 0.2) is 5.25 Å². The van der Waals surface area contributed by atoms with Crippen LogP contribution in [0.5, 0.6) is 0 Å². The lowest BCUT2D eigenvalue weighted by Crippen LogP contribution is -2.21. The molecule has 2 aromatic rings. The summed E-state index contributed by atoms with van der Waals surface area (Å²) in [6.07, 6.45) is 1.22. The Morgan fingerprint density at radius 1 is 1.43 bits per heavy atom. The van der Waals surface area contributed by atoms with Crippen LogP contribution in [0, 0.1) is 10.1 Å². The number of hydrogen-bond acceptors (Lipinski definition) is 5. The molecule has 112 valence electrons. The molecule has 1 N–H and O–H groups in total. The third-order valence-corrected chi connectivity index (χ3v) is 4.23. The van der Waals surface area contributed by atoms with Gasteiger partial charge in [-0.15, -0.1) is 0 Å². The maximum atomic E-state index is 11.6. The van der Waals surface area contributed by atoms with E-state index >= 15 is 0 Å². The summed E-state index contributed by atoms with van der Waals surface area (Å²) < 4.78 is 33.4. The summed E-state index contributed by atoms with van der Waals surface area (Å²) in [5.41, 5.74) is 0.456. The molecule has 1 atom stereocenters. The molecule has 0 aliphatic carbocycles. The largest absolute Gasteiger partial charge is 0.287 e. The van der Waals surface area contributed by atoms with E-state index in [4.69, 9.17) is 0 Å². The fourth-order valence-electron chi connectivity index (χ4n) is 2.21. The maximum absolute atomic E-state index is 11.6. The fourth-order valence-corrected chi connectivity index (χ4v) is 3.03. The highest BCUT2D eigenvalue weighted by molar-refractivity contribution is 7.86. The topological polar surface area (TPSA) is 120 Å². The standard InChI is InChI=1S/C12H12N2O6S/c1-8(15)13-6-10(9-4-2-3-5-11(9)13)12(7-14(16)17)21(18,19)20/h2-6,12H,7H2,1H3,(H,18,19,20)/t12-/m1/s1. The smallest absolute Gasteiger partial charge is 0.278 e. The van der Waals surface area contributed by atoms with Crippen molar-refractivity contribution >= 4 is 26.9 Å². The molecule has 1 heterocycles. The predicted molar refractivity (Wildman–Crippen MR) is 74.4 cm³/mol. The van der Waals surface area contributed by atoms with Crippen LogP contribution < -0.4 is 0 Å². The van der Waals surface area contributed by atoms with Gasteiger partial charge in [-0.3, -0.25) is 24.0 Å². The Bertz CT molecular complexity index is 823. The summed E-state index contributed by atoms with van der Waals surface area (Å²) in [6.45, 7) is 0.302. The number of benzene rings is 1. The summed E-state index contributed by atoms with van der Waals surface area (Å²) in [4.78, 5) is 21.4. The Morgan fingerprint density at radius 2 is 2.05 bits per heavy atom. The lowest BCUT2D eigenvalue weighted by molar-refractivity contribution is -0.480. The lowest BCUT2D eigenvalue weighted by atomic mass is 10.1. The van der Waals surface area contributed by atoms with E-state index in [1.165, 1.54) is 17.7 Å². The van der Waals surface area contributed by atoms with Crippen LogP contribution in [0.3, 0.4) is 0 Å². The van der Waals surface area contributed by atoms with Gasteiger partial charge in [-0.2, -0.15) is 8.42 Å². The molecule has 0 spiro atoms. The van der Waals surface area contributed by atoms with Gasteiger partial charge in [0.2, 0.25) is 12.5 Å². The zero-order valence-electron chi connectivity index (χ0n) is 11.0. The van der Waals surface area contributed by atoms with E-state index in [1.807, 2.05) is 0 Å². The normalized spacial score (nSPS) is 13.2. The first-order valence-corrected chi connectivity index (χ1v) is 7.41. The van der Waals surface area contributed by atoms with Crippen LogP contribution in [-0.4, -0.2) is 34.9 Å². The summed E-state index contributed by atoms with van der Waals surface area (Å²) >= 11 is 0. The lowest BCUT2D eigenvalue weighted by Gasteiger charge is -2.08. The molecule has 21 heavy (non-hydrogen) atoms. The summed E-state index contributed by atoms with van der Waals surface area (Å²) in [5.74, 6) is -0.368. The minimum atomic E-state index is -4.68. The molecule has 0 aliphatic rings. The molecule has 0 saturated carbocycles. The number of carbonyl (C=O) groups excluding carboxylic acids is 1. The Morgan fingerprint density at radius 3 is 2.57 bits per heavy atom. The number of carbonyl (C=O) groups is 1. The molecule has 1 aromatic carbocycles. The third kappa shape index (κ3) is 2.93. The minimum absolute atomic E-state index is 0.0278. The van der Waals surface area contributed by atoms with Gasteiger partial charge in [0.05, 0.1) is 5.52 Å². The molecule has 8 nitrogen and oxygen atoms in total. The van der Waals surface area contributed by atoms with Gasteiger partial charge < -0.3 is 0 Å². The van der Waals surface area contributed by atoms with Gasteiger partial charge in [0, 0.05) is 29.0 Å². The number of aromatic nitrogens is 1. The Kier molecular flexibility index (Phi) is 3.79. The van der Waals surface area contributed by atoms with Crippen molar-refractivity contribution in [2.75, 3.05) is 6.54 Å². The predicted octanol–water partition coefficient (Wildman–Crippen LogP) is 1.51. The number of rotatable bonds is 4. The highest BCUT2D eigenvalue weighted by Gasteiger charge is 2.33. The van der Waals surface area contributed by atoms with Crippen LogP contribution in [0.25, 0.3) is 10.9 Å². The van der Waals surface area contributed by atoms with Gasteiger partial charge >= 0.3 is 0 Å². The van der Waals surface area contributed by atoms with E-state index < -0.39 is 26.8 Å². The number of nitro groups is 1. The van der Waals surface area contributed by atoms with Crippen LogP contribution in [0.2, 0.25) is 0 Å². The van der Waals surface area contributed by atoms with Gasteiger partial charge in [0.1, 0.15) is 0 Å². The minimum Gasteiger partial charge on any atom is -0.287 e. The van der Waals surface area contributed by atoms with Crippen LogP contribution in [0.4, 0.5) is 0 Å². The zero-order valence-corrected chi connectivity index (χ0v) is 11.8. The molecule has 0 bridgehead atoms. The van der Waals surface area contributed by atoms with Crippen molar-refractivity contribution in [1.82, 2.24) is 4.57 Å². The van der Waals surface area contributed by atoms with Crippen molar-refractivity contribution in [3.8, 4) is 0 Å². The highest BCUT2D eigenvalue weighted by atomic mass is 32.2. The highest BCUT2D eigenvalue weighted by Crippen LogP contribution is 2.31. The second kappa shape index (κ2) is 5.26. The summed E-state index contributed by atoms with van der Waals surface area (Å²) in [7, 11) is -4.68. The fraction of sp³-hybridized carbons (Fsp3) is 0.250. The first kappa shape index (κ1) is 15.1. The number of nitrogens with zero attached hydrogens (tertiary/aromatic N) is 2. The maximum Gasteiger partial charge on any atom is 0.278 e. The average molecular weight is 312 g/mol. The van der Waals surface area contributed by atoms with E-state index in [-0.39, 0.29) is 11.5 Å². The van der Waals surface area contributed by atoms with Gasteiger partial charge in [0.25, 0.3) is 10.1 Å². The van der Waals surface area contributed by atoms with Gasteiger partial charge in [-0.05, 0) is 6.07 Å². The number of fused-ring (bicyclic) bond motifs is 1. The van der Waals surface area contributed by atoms with E-state index in [9.17, 15) is 27.9 Å². The zero-order chi connectivity index (χ0) is 15.8. The number of para-hydroxylation sites is 1. The van der Waals surface area contributed by atoms with Crippen molar-refractivity contribution in [3.63, 3.8) is 0 Å². The monoisotopic (exact) mass is 312 g/mol. The van der Waals surface area contributed by atoms with E-state index in [0.717, 1.165) is 0 Å². The van der Waals surface area contributed by atoms with Crippen LogP contribution >= 0.6 is 0 Å². The molecule has 0 unspecified atom stereocenters. The quantitative estimate of drug-likeness (QED) is 0.519. The molecule has 1 aromatic heterocycles. The molecule has 2 rings (SSSR count). The molecule has 0 saturated heterocycles. The molecule has 0 aliphatic heterocycles. The Labute approximate surface area is 119 Å². The number of hydrogen-bond donors (Lipinski definition) is 1. The van der Waals surface area contributed by atoms with E-state index in [2.05, 4.69) is 0 Å². The van der Waals surface area contributed by atoms with E-state index in [0.29, 0.717) is 10.9 Å². The van der Waals surface area contributed by atoms with Crippen LogP contribution in [0.15, 0.2) is 30.5 Å². The molecule has 9 heteroatoms. The van der Waals surface area contributed by atoms with Gasteiger partial charge in [-0.25, -0.2) is 0 Å². The van der Waals surface area contributed by atoms with Crippen LogP contribution in [-0.2, 0) is 10.1 Å². The van der Waals surface area contributed by atoms with Crippen LogP contribution in [0.1, 0.15) is 22.5 Å². The van der Waals surface area contributed by atoms with Gasteiger partial charge in [-0.1, -0.05) is 18.2 Å². The Hall–Kier alpha value is -2.26. The first-order valence-electron chi connectivity index (χ1n) is 5.91.